The van der Waals surface area contributed by atoms with Crippen LogP contribution in [0.3, 0.4) is 0 Å². The Hall–Kier alpha value is -0.950. The number of alkyl halides is 3. The largest absolute Gasteiger partial charge is 0.443 e. The van der Waals surface area contributed by atoms with Gasteiger partial charge in [0, 0.05) is 12.8 Å². The smallest absolute Gasteiger partial charge is 0.370 e. The molecule has 1 aromatic heterocycles. The molecule has 19 heavy (non-hydrogen) atoms. The Morgan fingerprint density at radius 2 is 2.00 bits per heavy atom. The van der Waals surface area contributed by atoms with Gasteiger partial charge in [0.05, 0.1) is 4.88 Å². The Labute approximate surface area is 113 Å². The number of nitrogens with zero attached hydrogens (tertiary/aromatic N) is 1. The van der Waals surface area contributed by atoms with E-state index in [1.165, 1.54) is 0 Å². The predicted octanol–water partition coefficient (Wildman–Crippen LogP) is 3.80. The highest BCUT2D eigenvalue weighted by Gasteiger charge is 2.38. The first kappa shape index (κ1) is 16.1. The first-order valence-electron chi connectivity index (χ1n) is 5.76. The predicted molar refractivity (Wildman–Crippen MR) is 66.3 cm³/mol. The summed E-state index contributed by atoms with van der Waals surface area (Å²) in [5.74, 6) is -0.456. The molecule has 0 aliphatic carbocycles. The van der Waals surface area contributed by atoms with Crippen molar-refractivity contribution in [2.45, 2.75) is 40.0 Å². The number of ether oxygens (including phenoxy) is 1. The van der Waals surface area contributed by atoms with E-state index in [2.05, 4.69) is 4.98 Å². The van der Waals surface area contributed by atoms with Crippen molar-refractivity contribution in [1.82, 2.24) is 4.98 Å². The van der Waals surface area contributed by atoms with E-state index in [1.807, 2.05) is 0 Å². The quantitative estimate of drug-likeness (QED) is 0.793. The van der Waals surface area contributed by atoms with E-state index in [0.29, 0.717) is 17.9 Å². The van der Waals surface area contributed by atoms with Crippen LogP contribution in [0.15, 0.2) is 6.20 Å². The van der Waals surface area contributed by atoms with Crippen LogP contribution < -0.4 is 0 Å². The third-order valence-electron chi connectivity index (χ3n) is 2.35. The number of hydrogen-bond acceptors (Lipinski definition) is 4. The third-order valence-corrected chi connectivity index (χ3v) is 3.41. The molecule has 1 unspecified atom stereocenters. The second-order valence-electron chi connectivity index (χ2n) is 5.09. The second-order valence-corrected chi connectivity index (χ2v) is 6.12. The Kier molecular flexibility index (Phi) is 4.73. The van der Waals surface area contributed by atoms with E-state index >= 15 is 0 Å². The van der Waals surface area contributed by atoms with Gasteiger partial charge in [0.25, 0.3) is 0 Å². The van der Waals surface area contributed by atoms with Gasteiger partial charge in [-0.2, -0.15) is 13.2 Å². The van der Waals surface area contributed by atoms with Crippen LogP contribution in [-0.2, 0) is 10.9 Å². The summed E-state index contributed by atoms with van der Waals surface area (Å²) in [5, 5.41) is -1.01. The molecular formula is C12H16F3NO2S. The monoisotopic (exact) mass is 295 g/mol. The van der Waals surface area contributed by atoms with Crippen molar-refractivity contribution in [3.05, 3.63) is 16.1 Å². The molecule has 1 atom stereocenters. The molecule has 0 N–H and O–H groups in total. The second kappa shape index (κ2) is 5.58. The van der Waals surface area contributed by atoms with Gasteiger partial charge in [0.1, 0.15) is 6.10 Å². The molecule has 0 fully saturated rings. The summed E-state index contributed by atoms with van der Waals surface area (Å²) in [6, 6.07) is 0. The van der Waals surface area contributed by atoms with Gasteiger partial charge in [-0.3, -0.25) is 4.79 Å². The Bertz CT molecular complexity index is 449. The van der Waals surface area contributed by atoms with Crippen molar-refractivity contribution in [2.75, 3.05) is 6.61 Å². The summed E-state index contributed by atoms with van der Waals surface area (Å²) in [4.78, 5) is 15.4. The SMILES string of the molecule is CCOC(C(=O)c1cnc(C(F)(F)F)s1)C(C)(C)C. The molecule has 0 aromatic carbocycles. The van der Waals surface area contributed by atoms with Crippen LogP contribution in [0.1, 0.15) is 42.4 Å². The standard InChI is InChI=1S/C12H16F3NO2S/c1-5-18-9(11(2,3)4)8(17)7-6-16-10(19-7)12(13,14)15/h6,9H,5H2,1-4H3. The van der Waals surface area contributed by atoms with E-state index in [1.54, 1.807) is 27.7 Å². The number of rotatable bonds is 4. The molecule has 7 heteroatoms. The molecule has 1 heterocycles. The highest BCUT2D eigenvalue weighted by atomic mass is 32.1. The number of carbonyl (C=O) groups excluding carboxylic acids is 1. The number of thiazole rings is 1. The first-order valence-corrected chi connectivity index (χ1v) is 6.58. The van der Waals surface area contributed by atoms with Crippen molar-refractivity contribution in [3.63, 3.8) is 0 Å². The Morgan fingerprint density at radius 1 is 1.42 bits per heavy atom. The zero-order valence-corrected chi connectivity index (χ0v) is 12.0. The molecule has 0 aliphatic heterocycles. The molecule has 0 saturated heterocycles. The van der Waals surface area contributed by atoms with Crippen LogP contribution in [0.25, 0.3) is 0 Å². The molecule has 0 spiro atoms. The van der Waals surface area contributed by atoms with Gasteiger partial charge in [-0.05, 0) is 12.3 Å². The summed E-state index contributed by atoms with van der Waals surface area (Å²) in [5.41, 5.74) is -0.491. The average molecular weight is 295 g/mol. The molecular weight excluding hydrogens is 279 g/mol. The van der Waals surface area contributed by atoms with Crippen LogP contribution >= 0.6 is 11.3 Å². The number of carbonyl (C=O) groups is 1. The zero-order chi connectivity index (χ0) is 14.8. The van der Waals surface area contributed by atoms with Crippen molar-refractivity contribution in [1.29, 1.82) is 0 Å². The fourth-order valence-electron chi connectivity index (χ4n) is 1.53. The summed E-state index contributed by atoms with van der Waals surface area (Å²) < 4.78 is 42.7. The molecule has 0 saturated carbocycles. The average Bonchev–Trinajstić information content (AvgIpc) is 2.72. The van der Waals surface area contributed by atoms with Crippen LogP contribution in [0.4, 0.5) is 13.2 Å². The Morgan fingerprint density at radius 3 is 2.37 bits per heavy atom. The minimum absolute atomic E-state index is 0.0271. The van der Waals surface area contributed by atoms with Crippen LogP contribution in [-0.4, -0.2) is 23.5 Å². The summed E-state index contributed by atoms with van der Waals surface area (Å²) >= 11 is 0.353. The van der Waals surface area contributed by atoms with E-state index in [4.69, 9.17) is 4.74 Å². The van der Waals surface area contributed by atoms with E-state index < -0.39 is 28.5 Å². The molecule has 0 aliphatic rings. The van der Waals surface area contributed by atoms with Gasteiger partial charge in [-0.1, -0.05) is 20.8 Å². The number of ketones is 1. The van der Waals surface area contributed by atoms with Gasteiger partial charge >= 0.3 is 6.18 Å². The van der Waals surface area contributed by atoms with Gasteiger partial charge in [0.15, 0.2) is 5.01 Å². The lowest BCUT2D eigenvalue weighted by atomic mass is 9.86. The molecule has 1 aromatic rings. The molecule has 0 bridgehead atoms. The summed E-state index contributed by atoms with van der Waals surface area (Å²) in [6.07, 6.45) is -4.33. The van der Waals surface area contributed by atoms with E-state index in [-0.39, 0.29) is 4.88 Å². The highest BCUT2D eigenvalue weighted by Crippen LogP contribution is 2.34. The van der Waals surface area contributed by atoms with E-state index in [0.717, 1.165) is 6.20 Å². The number of halogens is 3. The zero-order valence-electron chi connectivity index (χ0n) is 11.2. The van der Waals surface area contributed by atoms with E-state index in [9.17, 15) is 18.0 Å². The molecule has 0 amide bonds. The van der Waals surface area contributed by atoms with Crippen LogP contribution in [0.5, 0.6) is 0 Å². The maximum absolute atomic E-state index is 12.5. The van der Waals surface area contributed by atoms with Gasteiger partial charge < -0.3 is 4.74 Å². The lowest BCUT2D eigenvalue weighted by Gasteiger charge is -2.28. The number of hydrogen-bond donors (Lipinski definition) is 0. The number of Topliss-reactive ketones (excluding diaryl/α,β-unsaturated/α-hetero) is 1. The van der Waals surface area contributed by atoms with Gasteiger partial charge in [-0.25, -0.2) is 4.98 Å². The normalized spacial score (nSPS) is 14.5. The fraction of sp³-hybridized carbons (Fsp3) is 0.667. The maximum atomic E-state index is 12.5. The van der Waals surface area contributed by atoms with Gasteiger partial charge in [0.2, 0.25) is 5.78 Å². The van der Waals surface area contributed by atoms with Crippen LogP contribution in [0, 0.1) is 5.41 Å². The molecule has 0 radical (unpaired) electrons. The summed E-state index contributed by atoms with van der Waals surface area (Å²) in [7, 11) is 0. The van der Waals surface area contributed by atoms with Crippen molar-refractivity contribution >= 4 is 17.1 Å². The lowest BCUT2D eigenvalue weighted by molar-refractivity contribution is -0.137. The highest BCUT2D eigenvalue weighted by molar-refractivity contribution is 7.13. The van der Waals surface area contributed by atoms with Crippen molar-refractivity contribution < 1.29 is 22.7 Å². The molecule has 108 valence electrons. The first-order chi connectivity index (χ1) is 8.57. The maximum Gasteiger partial charge on any atom is 0.443 e. The lowest BCUT2D eigenvalue weighted by Crippen LogP contribution is -2.36. The minimum atomic E-state index is -4.52. The van der Waals surface area contributed by atoms with Crippen LogP contribution in [0.2, 0.25) is 0 Å². The minimum Gasteiger partial charge on any atom is -0.370 e. The van der Waals surface area contributed by atoms with Crippen molar-refractivity contribution in [2.24, 2.45) is 5.41 Å². The Balaban J connectivity index is 3.01. The summed E-state index contributed by atoms with van der Waals surface area (Å²) in [6.45, 7) is 7.46. The molecule has 1 rings (SSSR count). The number of aromatic nitrogens is 1. The van der Waals surface area contributed by atoms with Crippen molar-refractivity contribution in [3.8, 4) is 0 Å². The topological polar surface area (TPSA) is 39.2 Å². The van der Waals surface area contributed by atoms with Gasteiger partial charge in [-0.15, -0.1) is 11.3 Å². The molecule has 3 nitrogen and oxygen atoms in total. The fourth-order valence-corrected chi connectivity index (χ4v) is 2.28. The third kappa shape index (κ3) is 4.01.